The third-order valence-corrected chi connectivity index (χ3v) is 24.1. The predicted octanol–water partition coefficient (Wildman–Crippen LogP) is 17.2. The van der Waals surface area contributed by atoms with Crippen molar-refractivity contribution in [1.82, 2.24) is 27.4 Å². The minimum atomic E-state index is -4.29. The van der Waals surface area contributed by atoms with Crippen LogP contribution >= 0.6 is 115 Å². The molecule has 0 bridgehead atoms. The number of ether oxygens (including phenoxy) is 5. The monoisotopic (exact) mass is 2360 g/mol. The number of amides is 2. The van der Waals surface area contributed by atoms with Crippen LogP contribution in [0.25, 0.3) is 17.1 Å². The normalized spacial score (nSPS) is 11.7. The van der Waals surface area contributed by atoms with Crippen molar-refractivity contribution in [2.75, 3.05) is 30.5 Å². The van der Waals surface area contributed by atoms with Gasteiger partial charge in [-0.15, -0.1) is 23.2 Å². The fourth-order valence-electron chi connectivity index (χ4n) is 10.8. The molecule has 1 aliphatic rings. The number of halogens is 16. The van der Waals surface area contributed by atoms with Gasteiger partial charge in [-0.25, -0.2) is 85.9 Å². The number of anilines is 2. The molecule has 0 spiro atoms. The van der Waals surface area contributed by atoms with Gasteiger partial charge < -0.3 is 50.3 Å². The predicted molar refractivity (Wildman–Crippen MR) is 552 cm³/mol. The Labute approximate surface area is 942 Å². The van der Waals surface area contributed by atoms with E-state index in [0.717, 1.165) is 78.1 Å². The molecule has 52 heteroatoms. The fraction of sp³-hybridized carbons (Fsp3) is 0.284. The Morgan fingerprint density at radius 3 is 1.16 bits per heavy atom. The summed E-state index contributed by atoms with van der Waals surface area (Å²) in [5, 5.41) is 17.1. The number of benzene rings is 7. The maximum absolute atomic E-state index is 14.2. The fourth-order valence-corrected chi connectivity index (χ4v) is 13.4. The van der Waals surface area contributed by atoms with E-state index in [1.54, 1.807) is 96.1 Å². The first kappa shape index (κ1) is 137. The summed E-state index contributed by atoms with van der Waals surface area (Å²) in [7, 11) is 7.59. The van der Waals surface area contributed by atoms with Crippen molar-refractivity contribution in [1.29, 1.82) is 10.5 Å². The van der Waals surface area contributed by atoms with Gasteiger partial charge in [0.2, 0.25) is 5.91 Å². The van der Waals surface area contributed by atoms with Crippen LogP contribution < -0.4 is 118 Å². The zero-order chi connectivity index (χ0) is 113. The maximum atomic E-state index is 14.2. The number of carbonyl (C=O) groups is 6. The number of nitrogens with zero attached hydrogens (tertiary/aromatic N) is 9. The molecule has 0 aliphatic carbocycles. The van der Waals surface area contributed by atoms with Crippen LogP contribution in [-0.4, -0.2) is 99.9 Å². The van der Waals surface area contributed by atoms with E-state index in [2.05, 4.69) is 42.3 Å². The van der Waals surface area contributed by atoms with Gasteiger partial charge in [0.15, 0.2) is 23.1 Å². The summed E-state index contributed by atoms with van der Waals surface area (Å²) in [6.45, 7) is 31.4. The number of nitrogen functional groups attached to an aromatic ring is 1. The zero-order valence-electron chi connectivity index (χ0n) is 83.7. The average molecular weight is 2370 g/mol. The molecule has 147 heavy (non-hydrogen) atoms. The number of nitrogens with two attached hydrogens (primary N) is 2. The molecule has 32 nitrogen and oxygen atoms in total. The number of hydrogen-bond acceptors (Lipinski definition) is 25. The molecular weight excluding hydrogens is 2260 g/mol. The number of rotatable bonds is 15. The first-order valence-electron chi connectivity index (χ1n) is 41.7. The van der Waals surface area contributed by atoms with E-state index in [-0.39, 0.29) is 154 Å². The molecule has 0 saturated heterocycles. The molecule has 11 rings (SSSR count). The summed E-state index contributed by atoms with van der Waals surface area (Å²) >= 11 is 43.1. The first-order valence-corrected chi connectivity index (χ1v) is 49.1. The Bertz CT molecular complexity index is 7110. The molecule has 5 N–H and O–H groups in total. The molecule has 4 heterocycles. The molecule has 0 fully saturated rings. The van der Waals surface area contributed by atoms with Crippen LogP contribution in [0.15, 0.2) is 187 Å². The van der Waals surface area contributed by atoms with Crippen LogP contribution in [0.3, 0.4) is 0 Å². The molecule has 2 amide bonds. The van der Waals surface area contributed by atoms with Gasteiger partial charge >= 0.3 is 93.2 Å². The van der Waals surface area contributed by atoms with E-state index in [1.165, 1.54) is 123 Å². The largest absolute Gasteiger partial charge is 1.00 e. The Balaban J connectivity index is 0. The Morgan fingerprint density at radius 2 is 0.837 bits per heavy atom. The Hall–Kier alpha value is -10.5. The number of allylic oxidation sites excluding steroid dienone is 2. The summed E-state index contributed by atoms with van der Waals surface area (Å²) in [6.07, 6.45) is 3.75. The third kappa shape index (κ3) is 41.4. The molecule has 2 unspecified atom stereocenters. The van der Waals surface area contributed by atoms with Crippen molar-refractivity contribution in [3.8, 4) is 41.1 Å². The number of nitriles is 2. The van der Waals surface area contributed by atoms with E-state index in [0.29, 0.717) is 80.5 Å². The minimum Gasteiger partial charge on any atom is -1.00 e. The van der Waals surface area contributed by atoms with Gasteiger partial charge in [0.1, 0.15) is 45.7 Å². The molecule has 792 valence electrons. The van der Waals surface area contributed by atoms with Crippen LogP contribution in [0.2, 0.25) is 35.2 Å². The second-order valence-corrected chi connectivity index (χ2v) is 37.0. The maximum Gasteiger partial charge on any atom is 1.00 e. The number of carbonyl (C=O) groups excluding carboxylic acids is 6. The quantitative estimate of drug-likeness (QED) is 0.00633. The van der Waals surface area contributed by atoms with Gasteiger partial charge in [-0.2, -0.15) is 0 Å². The Kier molecular flexibility index (Phi) is 60.2. The summed E-state index contributed by atoms with van der Waals surface area (Å²) < 4.78 is 161. The van der Waals surface area contributed by atoms with Crippen LogP contribution in [0.5, 0.6) is 11.5 Å². The number of Topliss-reactive ketones (excluding diaryl/α,β-unsaturated/α-hetero) is 1. The number of imide groups is 1. The summed E-state index contributed by atoms with van der Waals surface area (Å²) in [4.78, 5) is 141. The van der Waals surface area contributed by atoms with E-state index in [9.17, 15) is 96.7 Å². The van der Waals surface area contributed by atoms with Crippen molar-refractivity contribution in [3.63, 3.8) is 0 Å². The number of aromatic nitrogens is 6. The standard InChI is InChI=1S/C13H11Cl2FN2O4S.C13H12ClFN2O2S.C13H12ClFN2O2.C13H11ClFNO2.C9H16O2.2C7H3ClFNO.C7H13NO2.C7H12O3.C6H5ClFN.ClHO2S.Rb.H/c1-6-7(2)17(3)13(20)18(12(6)19)10-5-11(23(15,21)22)8(14)4-9(10)16;1-6-7(2)16(3)13(19)17(12(6)18)10-5-11(20)8(14)4-9(10)15;1-7-8(2)16(3)13(19)17(12(7)18)11-5-4-9(14)6-10(11)15;1-7-5-12(17)16(13(18)8(7)2)11-4-3-9(14)6-10(11)15;1-5-7(3)8(4)9(10)11-6-2;2*8-5-1-2-7(11-4-10)6(9)3-5;2*1-4-10-7(9)5(2)6(3)8;7-4-1-2-6(9)5(8)3-4;1-4(2)3;;/h4-5H,1-3H3;4-5,20H,1-3H3;4-6H,1-3H3;3-4,6H,5H2,1-2H3;5-6H2,1-4H3;2*1-3H;4,8H2,1-3H3;5H,4H2,1-3H3;1-3H,9H2;(H,2,3);;/q;;;;;;;;;;;+1;-1/b;;;;8-7-;;;6-5-;;;;;. The molecular formula is C95H100Cl9F7N11O21RbS3. The second-order valence-electron chi connectivity index (χ2n) is 29.8. The summed E-state index contributed by atoms with van der Waals surface area (Å²) in [6, 6.07) is 23.2. The van der Waals surface area contributed by atoms with Crippen LogP contribution in [0.1, 0.15) is 131 Å². The minimum absolute atomic E-state index is 0. The molecule has 3 aromatic heterocycles. The van der Waals surface area contributed by atoms with Gasteiger partial charge in [-0.1, -0.05) is 99.3 Å². The molecule has 0 saturated carbocycles. The van der Waals surface area contributed by atoms with Gasteiger partial charge in [-0.3, -0.25) is 38.1 Å². The first-order chi connectivity index (χ1) is 67.7. The zero-order valence-corrected chi connectivity index (χ0v) is 96.9. The van der Waals surface area contributed by atoms with E-state index in [4.69, 9.17) is 127 Å². The van der Waals surface area contributed by atoms with Gasteiger partial charge in [0, 0.05) is 130 Å². The van der Waals surface area contributed by atoms with Crippen LogP contribution in [-0.2, 0) is 83.5 Å². The number of hydrogen-bond donors (Lipinski definition) is 4. The number of ketones is 1. The van der Waals surface area contributed by atoms with Crippen molar-refractivity contribution in [2.24, 2.45) is 32.8 Å². The summed E-state index contributed by atoms with van der Waals surface area (Å²) in [5.41, 5.74) is 12.4. The Morgan fingerprint density at radius 1 is 0.510 bits per heavy atom. The number of esters is 3. The second kappa shape index (κ2) is 64.8. The van der Waals surface area contributed by atoms with Crippen molar-refractivity contribution >= 4 is 181 Å². The van der Waals surface area contributed by atoms with Gasteiger partial charge in [0.05, 0.1) is 63.9 Å². The van der Waals surface area contributed by atoms with E-state index < -0.39 is 133 Å². The SMILES string of the molecule is CC1=C(C)C(=O)N(c2ccc(Cl)cc2F)C(=O)C1.CCOC(=O)/C(C)=C(/C)CC.CCOC(=O)/C(C)=C(/C)N.CCOC(=O)C(C)C(C)=O.Cc1c(C)n(C)c(=O)n(-c2cc(S(=O)(=O)Cl)c(Cl)cc2F)c1=O.Cc1c(C)n(C)c(=O)n(-c2cc(S)c(Cl)cc2F)c1=O.Cc1c(C)n(C)c(=O)n(-c2ccc(Cl)cc2F)c1=O.N#COc1ccc(Cl)cc1F.N#COc1ccc(Cl)cc1F.Nc1ccc(Cl)cc1F.O=S(O)Cl.[H-].[Rb+]. The average Bonchev–Trinajstić information content (AvgIpc) is 0.770. The summed E-state index contributed by atoms with van der Waals surface area (Å²) in [5.74, 6) is -7.78. The molecule has 7 aromatic carbocycles. The van der Waals surface area contributed by atoms with E-state index >= 15 is 0 Å². The van der Waals surface area contributed by atoms with Crippen LogP contribution in [0, 0.1) is 111 Å². The smallest absolute Gasteiger partial charge is 1.00 e. The van der Waals surface area contributed by atoms with Crippen molar-refractivity contribution in [3.05, 3.63) is 321 Å². The van der Waals surface area contributed by atoms with Crippen molar-refractivity contribution in [2.45, 2.75) is 147 Å². The molecule has 2 atom stereocenters. The van der Waals surface area contributed by atoms with E-state index in [1.807, 2.05) is 20.8 Å². The number of thiol groups is 1. The van der Waals surface area contributed by atoms with Crippen LogP contribution in [0.4, 0.5) is 42.1 Å². The van der Waals surface area contributed by atoms with Gasteiger partial charge in [-0.05, 0) is 239 Å². The van der Waals surface area contributed by atoms with Gasteiger partial charge in [0.25, 0.3) is 54.4 Å². The topological polar surface area (TPSA) is 455 Å². The molecule has 1 aliphatic heterocycles. The molecule has 10 aromatic rings. The third-order valence-electron chi connectivity index (χ3n) is 20.3. The van der Waals surface area contributed by atoms with Crippen molar-refractivity contribution < 1.29 is 160 Å². The molecule has 0 radical (unpaired) electrons.